The Morgan fingerprint density at radius 3 is 2.48 bits per heavy atom. The molecule has 2 heterocycles. The molecule has 2 aromatic carbocycles. The second kappa shape index (κ2) is 7.88. The zero-order valence-corrected chi connectivity index (χ0v) is 16.3. The molecule has 0 saturated carbocycles. The normalized spacial score (nSPS) is 15.3. The number of hydrogen-bond donors (Lipinski definition) is 1. The number of nitro groups is 1. The summed E-state index contributed by atoms with van der Waals surface area (Å²) in [5.41, 5.74) is 0.278. The summed E-state index contributed by atoms with van der Waals surface area (Å²) in [6.45, 7) is 0. The Labute approximate surface area is 179 Å². The first-order valence-corrected chi connectivity index (χ1v) is 9.23. The maximum atomic E-state index is 12.9. The minimum atomic E-state index is -0.883. The van der Waals surface area contributed by atoms with Crippen molar-refractivity contribution < 1.29 is 23.7 Å². The molecule has 9 nitrogen and oxygen atoms in total. The van der Waals surface area contributed by atoms with Crippen molar-refractivity contribution in [2.45, 2.75) is 0 Å². The SMILES string of the molecule is O=C1NC(=O)N(c2ccc(Cl)cc2)C(=O)/C1=C/c1ccc(-c2cccc([N+](=O)[O-])c2)o1. The van der Waals surface area contributed by atoms with E-state index in [0.717, 1.165) is 4.90 Å². The predicted molar refractivity (Wildman–Crippen MR) is 111 cm³/mol. The van der Waals surface area contributed by atoms with E-state index < -0.39 is 22.8 Å². The summed E-state index contributed by atoms with van der Waals surface area (Å²) in [6, 6.07) is 14.0. The lowest BCUT2D eigenvalue weighted by Gasteiger charge is -2.26. The van der Waals surface area contributed by atoms with Gasteiger partial charge in [0.05, 0.1) is 10.6 Å². The van der Waals surface area contributed by atoms with Crippen LogP contribution in [0.4, 0.5) is 16.2 Å². The van der Waals surface area contributed by atoms with E-state index in [1.165, 1.54) is 54.6 Å². The number of amides is 4. The summed E-state index contributed by atoms with van der Waals surface area (Å²) >= 11 is 5.84. The van der Waals surface area contributed by atoms with Gasteiger partial charge < -0.3 is 4.42 Å². The summed E-state index contributed by atoms with van der Waals surface area (Å²) in [5, 5.41) is 13.5. The highest BCUT2D eigenvalue weighted by molar-refractivity contribution is 6.39. The van der Waals surface area contributed by atoms with Crippen molar-refractivity contribution >= 4 is 46.9 Å². The van der Waals surface area contributed by atoms with Crippen molar-refractivity contribution in [3.05, 3.63) is 87.1 Å². The van der Waals surface area contributed by atoms with Crippen LogP contribution in [0, 0.1) is 10.1 Å². The van der Waals surface area contributed by atoms with Gasteiger partial charge in [0, 0.05) is 22.7 Å². The molecule has 0 aliphatic carbocycles. The largest absolute Gasteiger partial charge is 0.457 e. The highest BCUT2D eigenvalue weighted by Crippen LogP contribution is 2.28. The summed E-state index contributed by atoms with van der Waals surface area (Å²) < 4.78 is 5.64. The van der Waals surface area contributed by atoms with Crippen molar-refractivity contribution in [2.75, 3.05) is 4.90 Å². The summed E-state index contributed by atoms with van der Waals surface area (Å²) in [4.78, 5) is 48.6. The molecule has 0 spiro atoms. The fourth-order valence-electron chi connectivity index (χ4n) is 2.98. The number of nitrogens with one attached hydrogen (secondary N) is 1. The zero-order chi connectivity index (χ0) is 22.1. The fraction of sp³-hybridized carbons (Fsp3) is 0. The van der Waals surface area contributed by atoms with E-state index in [9.17, 15) is 24.5 Å². The van der Waals surface area contributed by atoms with Gasteiger partial charge in [-0.3, -0.25) is 25.0 Å². The van der Waals surface area contributed by atoms with Crippen molar-refractivity contribution in [1.29, 1.82) is 0 Å². The van der Waals surface area contributed by atoms with Gasteiger partial charge in [-0.05, 0) is 42.5 Å². The van der Waals surface area contributed by atoms with Gasteiger partial charge in [-0.2, -0.15) is 0 Å². The maximum Gasteiger partial charge on any atom is 0.335 e. The predicted octanol–water partition coefficient (Wildman–Crippen LogP) is 4.17. The molecule has 0 atom stereocenters. The Morgan fingerprint density at radius 1 is 1.03 bits per heavy atom. The average molecular weight is 438 g/mol. The van der Waals surface area contributed by atoms with E-state index in [1.54, 1.807) is 12.1 Å². The molecule has 154 valence electrons. The lowest BCUT2D eigenvalue weighted by atomic mass is 10.1. The third kappa shape index (κ3) is 3.94. The lowest BCUT2D eigenvalue weighted by molar-refractivity contribution is -0.384. The molecule has 0 unspecified atom stereocenters. The van der Waals surface area contributed by atoms with E-state index in [1.807, 2.05) is 0 Å². The molecule has 4 amide bonds. The number of hydrogen-bond acceptors (Lipinski definition) is 6. The van der Waals surface area contributed by atoms with Gasteiger partial charge in [-0.15, -0.1) is 0 Å². The van der Waals surface area contributed by atoms with Gasteiger partial charge in [0.2, 0.25) is 0 Å². The zero-order valence-electron chi connectivity index (χ0n) is 15.6. The number of rotatable bonds is 4. The van der Waals surface area contributed by atoms with Gasteiger partial charge in [-0.25, -0.2) is 9.69 Å². The van der Waals surface area contributed by atoms with Crippen molar-refractivity contribution in [3.63, 3.8) is 0 Å². The van der Waals surface area contributed by atoms with E-state index in [-0.39, 0.29) is 22.7 Å². The van der Waals surface area contributed by atoms with Gasteiger partial charge in [-0.1, -0.05) is 23.7 Å². The first-order valence-electron chi connectivity index (χ1n) is 8.85. The number of barbiturate groups is 1. The number of halogens is 1. The average Bonchev–Trinajstić information content (AvgIpc) is 3.21. The van der Waals surface area contributed by atoms with Crippen LogP contribution in [-0.2, 0) is 9.59 Å². The number of anilines is 1. The van der Waals surface area contributed by atoms with E-state index in [4.69, 9.17) is 16.0 Å². The molecule has 0 bridgehead atoms. The van der Waals surface area contributed by atoms with Crippen LogP contribution in [0.3, 0.4) is 0 Å². The minimum absolute atomic E-state index is 0.104. The number of benzene rings is 2. The highest BCUT2D eigenvalue weighted by Gasteiger charge is 2.37. The highest BCUT2D eigenvalue weighted by atomic mass is 35.5. The van der Waals surface area contributed by atoms with Gasteiger partial charge >= 0.3 is 6.03 Å². The first kappa shape index (κ1) is 20.0. The van der Waals surface area contributed by atoms with Gasteiger partial charge in [0.15, 0.2) is 0 Å². The molecule has 1 N–H and O–H groups in total. The molecule has 1 saturated heterocycles. The molecule has 1 aliphatic heterocycles. The Hall–Kier alpha value is -4.24. The smallest absolute Gasteiger partial charge is 0.335 e. The van der Waals surface area contributed by atoms with Crippen LogP contribution >= 0.6 is 11.6 Å². The standard InChI is InChI=1S/C21H12ClN3O6/c22-13-4-6-14(7-5-13)24-20(27)17(19(26)23-21(24)28)11-16-8-9-18(31-16)12-2-1-3-15(10-12)25(29)30/h1-11H,(H,23,26,28)/b17-11+. The monoisotopic (exact) mass is 437 g/mol. The van der Waals surface area contributed by atoms with Crippen LogP contribution in [0.1, 0.15) is 5.76 Å². The third-order valence-electron chi connectivity index (χ3n) is 4.44. The molecule has 1 aromatic heterocycles. The summed E-state index contributed by atoms with van der Waals surface area (Å²) in [6.07, 6.45) is 1.20. The molecule has 1 fully saturated rings. The number of nitrogens with zero attached hydrogens (tertiary/aromatic N) is 2. The number of imide groups is 2. The number of carbonyl (C=O) groups excluding carboxylic acids is 3. The second-order valence-corrected chi connectivity index (χ2v) is 6.88. The Kier molecular flexibility index (Phi) is 5.10. The number of carbonyl (C=O) groups is 3. The quantitative estimate of drug-likeness (QED) is 0.283. The summed E-state index contributed by atoms with van der Waals surface area (Å²) in [7, 11) is 0. The number of furan rings is 1. The molecular weight excluding hydrogens is 426 g/mol. The lowest BCUT2D eigenvalue weighted by Crippen LogP contribution is -2.54. The van der Waals surface area contributed by atoms with Crippen LogP contribution in [0.15, 0.2) is 70.7 Å². The van der Waals surface area contributed by atoms with Gasteiger partial charge in [0.25, 0.3) is 17.5 Å². The molecule has 3 aromatic rings. The van der Waals surface area contributed by atoms with Crippen LogP contribution in [0.2, 0.25) is 5.02 Å². The Bertz CT molecular complexity index is 1260. The third-order valence-corrected chi connectivity index (χ3v) is 4.69. The van der Waals surface area contributed by atoms with Crippen LogP contribution < -0.4 is 10.2 Å². The molecule has 1 aliphatic rings. The topological polar surface area (TPSA) is 123 Å². The fourth-order valence-corrected chi connectivity index (χ4v) is 3.11. The number of nitro benzene ring substituents is 1. The molecule has 10 heteroatoms. The van der Waals surface area contributed by atoms with Gasteiger partial charge in [0.1, 0.15) is 17.1 Å². The molecular formula is C21H12ClN3O6. The first-order chi connectivity index (χ1) is 14.8. The Morgan fingerprint density at radius 2 is 1.77 bits per heavy atom. The van der Waals surface area contributed by atoms with Crippen LogP contribution in [0.25, 0.3) is 17.4 Å². The van der Waals surface area contributed by atoms with Crippen LogP contribution in [0.5, 0.6) is 0 Å². The number of urea groups is 1. The minimum Gasteiger partial charge on any atom is -0.457 e. The van der Waals surface area contributed by atoms with E-state index in [0.29, 0.717) is 16.3 Å². The molecule has 31 heavy (non-hydrogen) atoms. The Balaban J connectivity index is 1.66. The maximum absolute atomic E-state index is 12.9. The number of non-ortho nitro benzene ring substituents is 1. The summed E-state index contributed by atoms with van der Waals surface area (Å²) in [5.74, 6) is -1.23. The second-order valence-electron chi connectivity index (χ2n) is 6.44. The van der Waals surface area contributed by atoms with Crippen LogP contribution in [-0.4, -0.2) is 22.8 Å². The van der Waals surface area contributed by atoms with E-state index >= 15 is 0 Å². The van der Waals surface area contributed by atoms with E-state index in [2.05, 4.69) is 5.32 Å². The molecule has 0 radical (unpaired) electrons. The van der Waals surface area contributed by atoms with Crippen molar-refractivity contribution in [3.8, 4) is 11.3 Å². The molecule has 4 rings (SSSR count). The van der Waals surface area contributed by atoms with Crippen molar-refractivity contribution in [2.24, 2.45) is 0 Å². The van der Waals surface area contributed by atoms with Crippen molar-refractivity contribution in [1.82, 2.24) is 5.32 Å².